The quantitative estimate of drug-likeness (QED) is 0.913. The first-order valence-corrected chi connectivity index (χ1v) is 6.92. The predicted octanol–water partition coefficient (Wildman–Crippen LogP) is 3.40. The van der Waals surface area contributed by atoms with Gasteiger partial charge in [0, 0.05) is 28.2 Å². The van der Waals surface area contributed by atoms with Gasteiger partial charge in [0.2, 0.25) is 0 Å². The molecule has 0 radical (unpaired) electrons. The van der Waals surface area contributed by atoms with Crippen molar-refractivity contribution in [3.8, 4) is 5.75 Å². The van der Waals surface area contributed by atoms with E-state index < -0.39 is 0 Å². The first kappa shape index (κ1) is 13.3. The molecule has 0 saturated carbocycles. The molecule has 18 heavy (non-hydrogen) atoms. The van der Waals surface area contributed by atoms with Gasteiger partial charge in [-0.25, -0.2) is 4.98 Å². The van der Waals surface area contributed by atoms with Gasteiger partial charge in [0.1, 0.15) is 17.4 Å². The van der Waals surface area contributed by atoms with Gasteiger partial charge >= 0.3 is 0 Å². The van der Waals surface area contributed by atoms with E-state index in [1.807, 2.05) is 37.6 Å². The Morgan fingerprint density at radius 1 is 1.44 bits per heavy atom. The summed E-state index contributed by atoms with van der Waals surface area (Å²) in [5, 5.41) is 6.80. The van der Waals surface area contributed by atoms with Crippen LogP contribution in [0.1, 0.15) is 16.3 Å². The van der Waals surface area contributed by atoms with Crippen molar-refractivity contribution in [1.82, 2.24) is 10.3 Å². The lowest BCUT2D eigenvalue weighted by atomic mass is 10.2. The minimum absolute atomic E-state index is 0.482. The number of ether oxygens (including phenoxy) is 1. The molecule has 0 fully saturated rings. The van der Waals surface area contributed by atoms with Crippen LogP contribution in [0.3, 0.4) is 0 Å². The molecule has 2 rings (SSSR count). The number of hydrogen-bond donors (Lipinski definition) is 1. The lowest BCUT2D eigenvalue weighted by molar-refractivity contribution is 0.301. The zero-order valence-corrected chi connectivity index (χ0v) is 11.9. The molecule has 96 valence electrons. The number of nitrogens with one attached hydrogen (secondary N) is 1. The Labute approximate surface area is 116 Å². The highest BCUT2D eigenvalue weighted by Gasteiger charge is 2.08. The second-order valence-electron chi connectivity index (χ2n) is 3.92. The third-order valence-corrected chi connectivity index (χ3v) is 3.74. The first-order chi connectivity index (χ1) is 8.70. The lowest BCUT2D eigenvalue weighted by Gasteiger charge is -2.11. The van der Waals surface area contributed by atoms with Crippen molar-refractivity contribution in [2.45, 2.75) is 20.1 Å². The van der Waals surface area contributed by atoms with Crippen molar-refractivity contribution in [2.24, 2.45) is 0 Å². The summed E-state index contributed by atoms with van der Waals surface area (Å²) in [4.78, 5) is 4.37. The van der Waals surface area contributed by atoms with Gasteiger partial charge in [-0.2, -0.15) is 0 Å². The zero-order chi connectivity index (χ0) is 13.0. The van der Waals surface area contributed by atoms with Crippen LogP contribution in [0, 0.1) is 6.92 Å². The summed E-state index contributed by atoms with van der Waals surface area (Å²) in [6.45, 7) is 3.15. The molecule has 0 unspecified atom stereocenters. The smallest absolute Gasteiger partial charge is 0.140 e. The summed E-state index contributed by atoms with van der Waals surface area (Å²) in [5.41, 5.74) is 2.01. The normalized spacial score (nSPS) is 10.6. The summed E-state index contributed by atoms with van der Waals surface area (Å²) in [7, 11) is 1.89. The van der Waals surface area contributed by atoms with E-state index >= 15 is 0 Å². The fourth-order valence-corrected chi connectivity index (χ4v) is 2.55. The van der Waals surface area contributed by atoms with Crippen LogP contribution in [-0.2, 0) is 13.2 Å². The molecule has 3 nitrogen and oxygen atoms in total. The van der Waals surface area contributed by atoms with Crippen LogP contribution in [0.5, 0.6) is 5.75 Å². The van der Waals surface area contributed by atoms with Crippen LogP contribution in [0.15, 0.2) is 23.6 Å². The third kappa shape index (κ3) is 3.22. The number of halogens is 1. The summed E-state index contributed by atoms with van der Waals surface area (Å²) in [5.74, 6) is 0.810. The number of aryl methyl sites for hydroxylation is 1. The Bertz CT molecular complexity index is 527. The monoisotopic (exact) mass is 282 g/mol. The van der Waals surface area contributed by atoms with Gasteiger partial charge in [-0.15, -0.1) is 11.3 Å². The van der Waals surface area contributed by atoms with Crippen molar-refractivity contribution < 1.29 is 4.74 Å². The van der Waals surface area contributed by atoms with E-state index in [1.165, 1.54) is 0 Å². The molecule has 5 heteroatoms. The maximum Gasteiger partial charge on any atom is 0.140 e. The van der Waals surface area contributed by atoms with Crippen molar-refractivity contribution in [3.63, 3.8) is 0 Å². The Morgan fingerprint density at radius 3 is 2.94 bits per heavy atom. The van der Waals surface area contributed by atoms with Crippen LogP contribution < -0.4 is 10.1 Å². The van der Waals surface area contributed by atoms with Crippen LogP contribution in [0.4, 0.5) is 0 Å². The minimum atomic E-state index is 0.482. The maximum absolute atomic E-state index is 6.16. The molecule has 0 saturated heterocycles. The predicted molar refractivity (Wildman–Crippen MR) is 75.4 cm³/mol. The molecule has 0 aliphatic heterocycles. The molecule has 1 aromatic heterocycles. The topological polar surface area (TPSA) is 34.1 Å². The average molecular weight is 283 g/mol. The second-order valence-corrected chi connectivity index (χ2v) is 5.27. The Kier molecular flexibility index (Phi) is 4.58. The van der Waals surface area contributed by atoms with Gasteiger partial charge in [0.05, 0.1) is 0 Å². The molecule has 0 aliphatic carbocycles. The molecular weight excluding hydrogens is 268 g/mol. The van der Waals surface area contributed by atoms with Gasteiger partial charge in [-0.05, 0) is 26.1 Å². The summed E-state index contributed by atoms with van der Waals surface area (Å²) in [6.07, 6.45) is 0. The molecule has 2 aromatic rings. The summed E-state index contributed by atoms with van der Waals surface area (Å²) in [6, 6.07) is 5.69. The second kappa shape index (κ2) is 6.18. The fraction of sp³-hybridized carbons (Fsp3) is 0.308. The lowest BCUT2D eigenvalue weighted by Crippen LogP contribution is -2.08. The maximum atomic E-state index is 6.16. The van der Waals surface area contributed by atoms with E-state index in [9.17, 15) is 0 Å². The van der Waals surface area contributed by atoms with Crippen LogP contribution in [0.2, 0.25) is 5.02 Å². The molecule has 0 bridgehead atoms. The number of aromatic nitrogens is 1. The summed E-state index contributed by atoms with van der Waals surface area (Å²) >= 11 is 7.77. The highest BCUT2D eigenvalue weighted by atomic mass is 35.5. The first-order valence-electron chi connectivity index (χ1n) is 5.66. The number of thiazole rings is 1. The van der Waals surface area contributed by atoms with Crippen LogP contribution in [0.25, 0.3) is 0 Å². The molecule has 0 atom stereocenters. The van der Waals surface area contributed by atoms with Crippen LogP contribution >= 0.6 is 22.9 Å². The molecule has 0 amide bonds. The molecule has 0 spiro atoms. The van der Waals surface area contributed by atoms with E-state index in [2.05, 4.69) is 10.3 Å². The molecule has 0 aliphatic rings. The van der Waals surface area contributed by atoms with E-state index in [4.69, 9.17) is 16.3 Å². The largest absolute Gasteiger partial charge is 0.486 e. The Hall–Kier alpha value is -1.10. The van der Waals surface area contributed by atoms with E-state index in [-0.39, 0.29) is 0 Å². The fourth-order valence-electron chi connectivity index (χ4n) is 1.63. The number of nitrogens with zero attached hydrogens (tertiary/aromatic N) is 1. The molecule has 1 heterocycles. The Balaban J connectivity index is 2.11. The number of hydrogen-bond acceptors (Lipinski definition) is 4. The molecule has 1 N–H and O–H groups in total. The minimum Gasteiger partial charge on any atom is -0.486 e. The van der Waals surface area contributed by atoms with E-state index in [1.54, 1.807) is 11.3 Å². The zero-order valence-electron chi connectivity index (χ0n) is 10.4. The van der Waals surface area contributed by atoms with E-state index in [0.29, 0.717) is 13.2 Å². The highest BCUT2D eigenvalue weighted by molar-refractivity contribution is 7.09. The standard InChI is InChI=1S/C13H15ClN2OS/c1-9-8-18-13(16-9)7-17-12-5-3-4-11(14)10(12)6-15-2/h3-5,8,15H,6-7H2,1-2H3. The number of rotatable bonds is 5. The SMILES string of the molecule is CNCc1c(Cl)cccc1OCc1nc(C)cs1. The van der Waals surface area contributed by atoms with Gasteiger partial charge < -0.3 is 10.1 Å². The highest BCUT2D eigenvalue weighted by Crippen LogP contribution is 2.27. The van der Waals surface area contributed by atoms with E-state index in [0.717, 1.165) is 27.0 Å². The van der Waals surface area contributed by atoms with Gasteiger partial charge in [0.15, 0.2) is 0 Å². The summed E-state index contributed by atoms with van der Waals surface area (Å²) < 4.78 is 5.79. The number of benzene rings is 1. The van der Waals surface area contributed by atoms with Crippen molar-refractivity contribution in [1.29, 1.82) is 0 Å². The van der Waals surface area contributed by atoms with Gasteiger partial charge in [0.25, 0.3) is 0 Å². The van der Waals surface area contributed by atoms with Crippen molar-refractivity contribution in [2.75, 3.05) is 7.05 Å². The molecule has 1 aromatic carbocycles. The third-order valence-electron chi connectivity index (χ3n) is 2.45. The van der Waals surface area contributed by atoms with Crippen molar-refractivity contribution >= 4 is 22.9 Å². The Morgan fingerprint density at radius 2 is 2.28 bits per heavy atom. The average Bonchev–Trinajstić information content (AvgIpc) is 2.76. The van der Waals surface area contributed by atoms with Crippen LogP contribution in [-0.4, -0.2) is 12.0 Å². The molecular formula is C13H15ClN2OS. The van der Waals surface area contributed by atoms with Gasteiger partial charge in [-0.3, -0.25) is 0 Å². The van der Waals surface area contributed by atoms with Gasteiger partial charge in [-0.1, -0.05) is 17.7 Å². The van der Waals surface area contributed by atoms with Crippen molar-refractivity contribution in [3.05, 3.63) is 44.9 Å².